The number of hydrogen-bond donors (Lipinski definition) is 2. The van der Waals surface area contributed by atoms with E-state index >= 15 is 0 Å². The smallest absolute Gasteiger partial charge is 0.271 e. The molecule has 0 bridgehead atoms. The summed E-state index contributed by atoms with van der Waals surface area (Å²) < 4.78 is 0. The van der Waals surface area contributed by atoms with Gasteiger partial charge in [0.1, 0.15) is 6.21 Å². The molecule has 0 radical (unpaired) electrons. The molecular weight excluding hydrogens is 340 g/mol. The average Bonchev–Trinajstić information content (AvgIpc) is 2.59. The van der Waals surface area contributed by atoms with Crippen LogP contribution in [0.15, 0.2) is 53.7 Å². The van der Waals surface area contributed by atoms with Gasteiger partial charge in [0.15, 0.2) is 6.61 Å². The Morgan fingerprint density at radius 3 is 2.54 bits per heavy atom. The van der Waals surface area contributed by atoms with Crippen LogP contribution in [0.1, 0.15) is 5.56 Å². The van der Waals surface area contributed by atoms with Gasteiger partial charge >= 0.3 is 0 Å². The van der Waals surface area contributed by atoms with Crippen LogP contribution in [0.3, 0.4) is 0 Å². The molecule has 0 spiro atoms. The molecule has 26 heavy (non-hydrogen) atoms. The Bertz CT molecular complexity index is 851. The lowest BCUT2D eigenvalue weighted by molar-refractivity contribution is -0.384. The number of carbonyl (C=O) groups is 2. The van der Waals surface area contributed by atoms with Gasteiger partial charge in [-0.2, -0.15) is 0 Å². The van der Waals surface area contributed by atoms with Gasteiger partial charge in [0.05, 0.1) is 4.92 Å². The molecule has 9 nitrogen and oxygen atoms in total. The third-order valence-electron chi connectivity index (χ3n) is 3.07. The number of aryl methyl sites for hydroxylation is 1. The Morgan fingerprint density at radius 2 is 1.85 bits per heavy atom. The van der Waals surface area contributed by atoms with Crippen molar-refractivity contribution < 1.29 is 19.3 Å². The topological polar surface area (TPSA) is 123 Å². The van der Waals surface area contributed by atoms with E-state index in [0.29, 0.717) is 5.69 Å². The molecule has 2 amide bonds. The summed E-state index contributed by atoms with van der Waals surface area (Å²) in [5, 5.41) is 19.1. The minimum absolute atomic E-state index is 0.149. The van der Waals surface area contributed by atoms with Crippen LogP contribution < -0.4 is 10.6 Å². The number of hydrogen-bond acceptors (Lipinski definition) is 6. The van der Waals surface area contributed by atoms with Gasteiger partial charge in [-0.25, -0.2) is 0 Å². The van der Waals surface area contributed by atoms with Crippen molar-refractivity contribution in [1.82, 2.24) is 0 Å². The molecule has 134 valence electrons. The number of nitro benzene ring substituents is 1. The number of anilines is 2. The van der Waals surface area contributed by atoms with Crippen LogP contribution in [0.2, 0.25) is 0 Å². The second kappa shape index (κ2) is 8.92. The number of oxime groups is 1. The van der Waals surface area contributed by atoms with Crippen molar-refractivity contribution in [2.24, 2.45) is 5.16 Å². The minimum Gasteiger partial charge on any atom is -0.385 e. The second-order valence-electron chi connectivity index (χ2n) is 5.22. The molecule has 0 fully saturated rings. The summed E-state index contributed by atoms with van der Waals surface area (Å²) in [5.41, 5.74) is 1.72. The maximum Gasteiger partial charge on any atom is 0.271 e. The minimum atomic E-state index is -0.649. The van der Waals surface area contributed by atoms with Gasteiger partial charge in [0.25, 0.3) is 17.5 Å². The van der Waals surface area contributed by atoms with E-state index < -0.39 is 16.7 Å². The van der Waals surface area contributed by atoms with Crippen molar-refractivity contribution >= 4 is 35.1 Å². The van der Waals surface area contributed by atoms with Crippen molar-refractivity contribution in [1.29, 1.82) is 0 Å². The molecule has 0 atom stereocenters. The lowest BCUT2D eigenvalue weighted by Gasteiger charge is -2.05. The number of nitrogens with one attached hydrogen (secondary N) is 2. The zero-order valence-electron chi connectivity index (χ0n) is 13.8. The largest absolute Gasteiger partial charge is 0.385 e. The number of nitro groups is 1. The van der Waals surface area contributed by atoms with E-state index in [2.05, 4.69) is 15.8 Å². The Labute approximate surface area is 148 Å². The third kappa shape index (κ3) is 6.04. The van der Waals surface area contributed by atoms with Crippen LogP contribution in [0, 0.1) is 17.0 Å². The number of carbonyl (C=O) groups excluding carboxylic acids is 2. The molecule has 2 N–H and O–H groups in total. The second-order valence-corrected chi connectivity index (χ2v) is 5.22. The molecule has 0 aliphatic rings. The van der Waals surface area contributed by atoms with E-state index in [1.807, 2.05) is 19.1 Å². The van der Waals surface area contributed by atoms with E-state index in [-0.39, 0.29) is 18.0 Å². The Kier molecular flexibility index (Phi) is 6.38. The quantitative estimate of drug-likeness (QED) is 0.448. The van der Waals surface area contributed by atoms with Crippen LogP contribution in [0.25, 0.3) is 0 Å². The van der Waals surface area contributed by atoms with Crippen molar-refractivity contribution in [3.05, 3.63) is 64.2 Å². The highest BCUT2D eigenvalue weighted by molar-refractivity contribution is 6.31. The first-order valence-electron chi connectivity index (χ1n) is 7.51. The van der Waals surface area contributed by atoms with E-state index in [9.17, 15) is 19.7 Å². The zero-order valence-corrected chi connectivity index (χ0v) is 13.8. The van der Waals surface area contributed by atoms with Crippen molar-refractivity contribution in [2.75, 3.05) is 17.2 Å². The number of non-ortho nitro benzene ring substituents is 1. The summed E-state index contributed by atoms with van der Waals surface area (Å²) >= 11 is 0. The van der Waals surface area contributed by atoms with Crippen molar-refractivity contribution in [2.45, 2.75) is 6.92 Å². The molecular formula is C17H16N4O5. The van der Waals surface area contributed by atoms with E-state index in [1.165, 1.54) is 24.3 Å². The normalized spacial score (nSPS) is 10.3. The predicted molar refractivity (Wildman–Crippen MR) is 96.0 cm³/mol. The monoisotopic (exact) mass is 356 g/mol. The van der Waals surface area contributed by atoms with Gasteiger partial charge < -0.3 is 15.5 Å². The van der Waals surface area contributed by atoms with Crippen LogP contribution >= 0.6 is 0 Å². The number of amides is 2. The summed E-state index contributed by atoms with van der Waals surface area (Å²) in [7, 11) is 0. The molecule has 0 heterocycles. The van der Waals surface area contributed by atoms with Gasteiger partial charge in [-0.05, 0) is 30.7 Å². The van der Waals surface area contributed by atoms with E-state index in [1.54, 1.807) is 12.1 Å². The van der Waals surface area contributed by atoms with E-state index in [4.69, 9.17) is 4.84 Å². The predicted octanol–water partition coefficient (Wildman–Crippen LogP) is 2.48. The number of benzene rings is 2. The lowest BCUT2D eigenvalue weighted by atomic mass is 10.2. The number of rotatable bonds is 7. The molecule has 0 unspecified atom stereocenters. The first-order valence-corrected chi connectivity index (χ1v) is 7.51. The third-order valence-corrected chi connectivity index (χ3v) is 3.07. The SMILES string of the molecule is Cc1cccc(NC(=O)CO/N=C\C(=O)Nc2cccc([N+](=O)[O-])c2)c1. The highest BCUT2D eigenvalue weighted by Crippen LogP contribution is 2.16. The van der Waals surface area contributed by atoms with Crippen LogP contribution in [-0.2, 0) is 14.4 Å². The highest BCUT2D eigenvalue weighted by atomic mass is 16.6. The van der Waals surface area contributed by atoms with Gasteiger partial charge in [0.2, 0.25) is 0 Å². The van der Waals surface area contributed by atoms with E-state index in [0.717, 1.165) is 11.8 Å². The Hall–Kier alpha value is -3.75. The standard InChI is InChI=1S/C17H16N4O5/c1-12-4-2-5-13(8-12)20-17(23)11-26-18-10-16(22)19-14-6-3-7-15(9-14)21(24)25/h2-10H,11H2,1H3,(H,19,22)(H,20,23)/b18-10-. The molecule has 2 aromatic carbocycles. The summed E-state index contributed by atoms with van der Waals surface area (Å²) in [6, 6.07) is 12.7. The Balaban J connectivity index is 1.77. The first-order chi connectivity index (χ1) is 12.4. The summed E-state index contributed by atoms with van der Waals surface area (Å²) in [6.07, 6.45) is 0.832. The van der Waals surface area contributed by atoms with Gasteiger partial charge in [0, 0.05) is 23.5 Å². The maximum absolute atomic E-state index is 11.7. The van der Waals surface area contributed by atoms with Crippen LogP contribution in [-0.4, -0.2) is 29.6 Å². The zero-order chi connectivity index (χ0) is 18.9. The maximum atomic E-state index is 11.7. The summed E-state index contributed by atoms with van der Waals surface area (Å²) in [4.78, 5) is 38.2. The average molecular weight is 356 g/mol. The van der Waals surface area contributed by atoms with Gasteiger partial charge in [-0.1, -0.05) is 23.4 Å². The van der Waals surface area contributed by atoms with Crippen LogP contribution in [0.4, 0.5) is 17.1 Å². The summed E-state index contributed by atoms with van der Waals surface area (Å²) in [6.45, 7) is 1.53. The fraction of sp³-hybridized carbons (Fsp3) is 0.118. The highest BCUT2D eigenvalue weighted by Gasteiger charge is 2.07. The number of nitrogens with zero attached hydrogens (tertiary/aromatic N) is 2. The Morgan fingerprint density at radius 1 is 1.15 bits per heavy atom. The first kappa shape index (κ1) is 18.6. The molecule has 0 aliphatic heterocycles. The van der Waals surface area contributed by atoms with Crippen LogP contribution in [0.5, 0.6) is 0 Å². The lowest BCUT2D eigenvalue weighted by Crippen LogP contribution is -2.18. The fourth-order valence-electron chi connectivity index (χ4n) is 1.97. The molecule has 0 aromatic heterocycles. The van der Waals surface area contributed by atoms with Gasteiger partial charge in [-0.3, -0.25) is 19.7 Å². The molecule has 0 saturated carbocycles. The van der Waals surface area contributed by atoms with Crippen molar-refractivity contribution in [3.8, 4) is 0 Å². The molecule has 0 aliphatic carbocycles. The molecule has 0 saturated heterocycles. The molecule has 9 heteroatoms. The molecule has 2 aromatic rings. The summed E-state index contributed by atoms with van der Waals surface area (Å²) in [5.74, 6) is -1.07. The molecule has 2 rings (SSSR count). The fourth-order valence-corrected chi connectivity index (χ4v) is 1.97. The van der Waals surface area contributed by atoms with Gasteiger partial charge in [-0.15, -0.1) is 0 Å². The van der Waals surface area contributed by atoms with Crippen molar-refractivity contribution in [3.63, 3.8) is 0 Å².